The Kier molecular flexibility index (Phi) is 9.69. The number of carbonyl (C=O) groups is 2. The van der Waals surface area contributed by atoms with Crippen LogP contribution in [0.5, 0.6) is 17.2 Å². The third kappa shape index (κ3) is 7.77. The number of alkyl halides is 3. The van der Waals surface area contributed by atoms with Gasteiger partial charge in [-0.2, -0.15) is 13.2 Å². The van der Waals surface area contributed by atoms with E-state index in [0.29, 0.717) is 24.0 Å². The number of nitrogens with two attached hydrogens (primary N) is 1. The summed E-state index contributed by atoms with van der Waals surface area (Å²) in [6, 6.07) is 12.6. The molecule has 224 valence electrons. The first-order valence-electron chi connectivity index (χ1n) is 13.5. The van der Waals surface area contributed by atoms with E-state index in [4.69, 9.17) is 15.2 Å². The van der Waals surface area contributed by atoms with Gasteiger partial charge in [0.25, 0.3) is 5.91 Å². The number of pyridine rings is 1. The Morgan fingerprint density at radius 3 is 2.45 bits per heavy atom. The second kappa shape index (κ2) is 13.2. The molecule has 0 aliphatic carbocycles. The third-order valence-electron chi connectivity index (χ3n) is 7.12. The van der Waals surface area contributed by atoms with Crippen molar-refractivity contribution in [2.45, 2.75) is 25.6 Å². The highest BCUT2D eigenvalue weighted by Gasteiger charge is 2.34. The Bertz CT molecular complexity index is 1420. The molecule has 2 aromatic carbocycles. The molecule has 1 atom stereocenters. The molecule has 0 saturated carbocycles. The second-order valence-corrected chi connectivity index (χ2v) is 10.3. The van der Waals surface area contributed by atoms with Gasteiger partial charge >= 0.3 is 6.18 Å². The van der Waals surface area contributed by atoms with Crippen molar-refractivity contribution >= 4 is 11.8 Å². The van der Waals surface area contributed by atoms with E-state index in [9.17, 15) is 22.8 Å². The van der Waals surface area contributed by atoms with Gasteiger partial charge in [-0.25, -0.2) is 0 Å². The SMILES string of the molecule is CN1CCN(Cc2ccc(C(N)=O)cc2C(F)(F)F)CC1.CNC(=O)c1cc(Oc2ccc3c(c2)C(C)CO3)ccn1. The van der Waals surface area contributed by atoms with Crippen LogP contribution in [-0.4, -0.2) is 73.5 Å². The minimum absolute atomic E-state index is 0.121. The largest absolute Gasteiger partial charge is 0.493 e. The van der Waals surface area contributed by atoms with Crippen molar-refractivity contribution in [1.29, 1.82) is 0 Å². The van der Waals surface area contributed by atoms with Crippen LogP contribution in [-0.2, 0) is 12.7 Å². The topological polar surface area (TPSA) is 110 Å². The molecule has 2 aliphatic rings. The van der Waals surface area contributed by atoms with E-state index in [1.807, 2.05) is 30.1 Å². The number of piperazine rings is 1. The number of benzene rings is 2. The summed E-state index contributed by atoms with van der Waals surface area (Å²) in [4.78, 5) is 30.8. The Morgan fingerprint density at radius 2 is 1.79 bits per heavy atom. The summed E-state index contributed by atoms with van der Waals surface area (Å²) in [5.74, 6) is 1.48. The van der Waals surface area contributed by atoms with E-state index in [1.165, 1.54) is 12.1 Å². The fraction of sp³-hybridized carbons (Fsp3) is 0.367. The molecule has 1 unspecified atom stereocenters. The highest BCUT2D eigenvalue weighted by molar-refractivity contribution is 5.93. The molecule has 0 radical (unpaired) electrons. The molecule has 2 amide bonds. The van der Waals surface area contributed by atoms with Gasteiger partial charge < -0.3 is 25.4 Å². The van der Waals surface area contributed by atoms with Gasteiger partial charge in [-0.3, -0.25) is 19.5 Å². The first-order chi connectivity index (χ1) is 19.9. The Morgan fingerprint density at radius 1 is 1.07 bits per heavy atom. The van der Waals surface area contributed by atoms with Crippen molar-refractivity contribution in [2.75, 3.05) is 46.9 Å². The first-order valence-corrected chi connectivity index (χ1v) is 13.5. The van der Waals surface area contributed by atoms with E-state index in [0.717, 1.165) is 49.3 Å². The predicted molar refractivity (Wildman–Crippen MR) is 151 cm³/mol. The summed E-state index contributed by atoms with van der Waals surface area (Å²) < 4.78 is 50.8. The summed E-state index contributed by atoms with van der Waals surface area (Å²) in [5, 5.41) is 2.54. The zero-order valence-corrected chi connectivity index (χ0v) is 23.7. The van der Waals surface area contributed by atoms with E-state index in [1.54, 1.807) is 25.4 Å². The van der Waals surface area contributed by atoms with E-state index in [2.05, 4.69) is 22.1 Å². The van der Waals surface area contributed by atoms with Gasteiger partial charge in [0.15, 0.2) is 0 Å². The number of carbonyl (C=O) groups excluding carboxylic acids is 2. The number of aromatic nitrogens is 1. The van der Waals surface area contributed by atoms with Gasteiger partial charge in [0.1, 0.15) is 22.9 Å². The predicted octanol–water partition coefficient (Wildman–Crippen LogP) is 4.28. The highest BCUT2D eigenvalue weighted by atomic mass is 19.4. The van der Waals surface area contributed by atoms with Crippen molar-refractivity contribution in [2.24, 2.45) is 5.73 Å². The first kappa shape index (κ1) is 30.8. The normalized spacial score (nSPS) is 17.0. The lowest BCUT2D eigenvalue weighted by molar-refractivity contribution is -0.138. The maximum absolute atomic E-state index is 13.1. The van der Waals surface area contributed by atoms with Gasteiger partial charge in [-0.1, -0.05) is 13.0 Å². The molecule has 2 aliphatic heterocycles. The van der Waals surface area contributed by atoms with Crippen LogP contribution in [0.1, 0.15) is 50.4 Å². The molecule has 1 saturated heterocycles. The minimum Gasteiger partial charge on any atom is -0.493 e. The zero-order chi connectivity index (χ0) is 30.4. The van der Waals surface area contributed by atoms with Gasteiger partial charge in [0.2, 0.25) is 5.91 Å². The number of ether oxygens (including phenoxy) is 2. The molecule has 0 spiro atoms. The maximum Gasteiger partial charge on any atom is 0.416 e. The minimum atomic E-state index is -4.49. The molecule has 42 heavy (non-hydrogen) atoms. The van der Waals surface area contributed by atoms with Crippen molar-refractivity contribution in [1.82, 2.24) is 20.1 Å². The number of primary amides is 1. The number of hydrogen-bond donors (Lipinski definition) is 2. The van der Waals surface area contributed by atoms with Gasteiger partial charge in [-0.15, -0.1) is 0 Å². The van der Waals surface area contributed by atoms with Crippen LogP contribution in [0.2, 0.25) is 0 Å². The molecule has 3 heterocycles. The van der Waals surface area contributed by atoms with Crippen molar-refractivity contribution in [3.63, 3.8) is 0 Å². The molecular formula is C30H34F3N5O4. The number of hydrogen-bond acceptors (Lipinski definition) is 7. The standard InChI is InChI=1S/C16H16N2O3.C14H18F3N3O/c1-10-9-20-15-4-3-11(7-13(10)15)21-12-5-6-18-14(8-12)16(19)17-2;1-19-4-6-20(7-5-19)9-11-3-2-10(13(18)21)8-12(11)14(15,16)17/h3-8,10H,9H2,1-2H3,(H,17,19);2-3,8H,4-7,9H2,1H3,(H2,18,21). The maximum atomic E-state index is 13.1. The molecule has 3 aromatic rings. The molecule has 0 bridgehead atoms. The van der Waals surface area contributed by atoms with E-state index in [-0.39, 0.29) is 23.6 Å². The van der Waals surface area contributed by atoms with Crippen molar-refractivity contribution in [3.8, 4) is 17.2 Å². The monoisotopic (exact) mass is 585 g/mol. The molecule has 3 N–H and O–H groups in total. The Hall–Kier alpha value is -4.16. The Labute approximate surface area is 242 Å². The van der Waals surface area contributed by atoms with E-state index >= 15 is 0 Å². The van der Waals surface area contributed by atoms with Crippen LogP contribution in [0.25, 0.3) is 0 Å². The quantitative estimate of drug-likeness (QED) is 0.445. The second-order valence-electron chi connectivity index (χ2n) is 10.3. The molecular weight excluding hydrogens is 551 g/mol. The lowest BCUT2D eigenvalue weighted by Gasteiger charge is -2.32. The average Bonchev–Trinajstić information content (AvgIpc) is 3.33. The number of fused-ring (bicyclic) bond motifs is 1. The van der Waals surface area contributed by atoms with Crippen LogP contribution in [0.15, 0.2) is 54.7 Å². The fourth-order valence-electron chi connectivity index (χ4n) is 4.65. The molecule has 5 rings (SSSR count). The summed E-state index contributed by atoms with van der Waals surface area (Å²) in [6.45, 7) is 6.17. The fourth-order valence-corrected chi connectivity index (χ4v) is 4.65. The summed E-state index contributed by atoms with van der Waals surface area (Å²) in [7, 11) is 3.56. The van der Waals surface area contributed by atoms with Crippen LogP contribution in [0.4, 0.5) is 13.2 Å². The van der Waals surface area contributed by atoms with Gasteiger partial charge in [-0.05, 0) is 49.0 Å². The van der Waals surface area contributed by atoms with Crippen molar-refractivity contribution < 1.29 is 32.2 Å². The third-order valence-corrected chi connectivity index (χ3v) is 7.12. The van der Waals surface area contributed by atoms with E-state index < -0.39 is 17.6 Å². The van der Waals surface area contributed by atoms with Crippen LogP contribution in [0, 0.1) is 0 Å². The van der Waals surface area contributed by atoms with Crippen LogP contribution >= 0.6 is 0 Å². The number of nitrogens with one attached hydrogen (secondary N) is 1. The summed E-state index contributed by atoms with van der Waals surface area (Å²) in [6.07, 6.45) is -2.94. The number of nitrogens with zero attached hydrogens (tertiary/aromatic N) is 3. The zero-order valence-electron chi connectivity index (χ0n) is 23.7. The van der Waals surface area contributed by atoms with Crippen molar-refractivity contribution in [3.05, 3.63) is 82.7 Å². The summed E-state index contributed by atoms with van der Waals surface area (Å²) in [5.41, 5.74) is 5.80. The summed E-state index contributed by atoms with van der Waals surface area (Å²) >= 11 is 0. The van der Waals surface area contributed by atoms with Crippen LogP contribution in [0.3, 0.4) is 0 Å². The lowest BCUT2D eigenvalue weighted by Crippen LogP contribution is -2.44. The number of amides is 2. The highest BCUT2D eigenvalue weighted by Crippen LogP contribution is 2.37. The number of rotatable bonds is 6. The van der Waals surface area contributed by atoms with Gasteiger partial charge in [0, 0.05) is 69.1 Å². The smallest absolute Gasteiger partial charge is 0.416 e. The number of likely N-dealkylation sites (N-methyl/N-ethyl adjacent to an activating group) is 1. The van der Waals surface area contributed by atoms with Gasteiger partial charge in [0.05, 0.1) is 12.2 Å². The Balaban J connectivity index is 0.000000193. The molecule has 1 fully saturated rings. The lowest BCUT2D eigenvalue weighted by atomic mass is 10.0. The molecule has 1 aromatic heterocycles. The molecule has 12 heteroatoms. The average molecular weight is 586 g/mol. The number of halogens is 3. The van der Waals surface area contributed by atoms with Crippen LogP contribution < -0.4 is 20.5 Å². The molecule has 9 nitrogen and oxygen atoms in total.